The van der Waals surface area contributed by atoms with E-state index >= 15 is 0 Å². The van der Waals surface area contributed by atoms with Crippen LogP contribution in [0.25, 0.3) is 6.08 Å². The van der Waals surface area contributed by atoms with Crippen molar-refractivity contribution in [3.63, 3.8) is 0 Å². The van der Waals surface area contributed by atoms with Crippen LogP contribution in [0.15, 0.2) is 42.5 Å². The lowest BCUT2D eigenvalue weighted by Gasteiger charge is -2.47. The number of benzene rings is 2. The van der Waals surface area contributed by atoms with E-state index in [9.17, 15) is 39.9 Å². The summed E-state index contributed by atoms with van der Waals surface area (Å²) in [5.74, 6) is -2.38. The molecular weight excluding hydrogens is 692 g/mol. The van der Waals surface area contributed by atoms with Crippen molar-refractivity contribution in [1.29, 1.82) is 0 Å². The zero-order valence-electron chi connectivity index (χ0n) is 29.1. The molecule has 0 aliphatic carbocycles. The Morgan fingerprint density at radius 2 is 1.48 bits per heavy atom. The molecule has 10 atom stereocenters. The predicted molar refractivity (Wildman–Crippen MR) is 176 cm³/mol. The molecule has 2 heterocycles. The van der Waals surface area contributed by atoms with E-state index < -0.39 is 85.9 Å². The van der Waals surface area contributed by atoms with Crippen molar-refractivity contribution < 1.29 is 82.5 Å². The van der Waals surface area contributed by atoms with Gasteiger partial charge in [0.1, 0.15) is 24.4 Å². The maximum Gasteiger partial charge on any atom is 0.331 e. The number of hydrogen-bond acceptors (Lipinski definition) is 17. The van der Waals surface area contributed by atoms with E-state index in [1.165, 1.54) is 51.5 Å². The largest absolute Gasteiger partial charge is 0.504 e. The summed E-state index contributed by atoms with van der Waals surface area (Å²) in [7, 11) is 2.77. The molecular formula is C35H44O17. The molecule has 52 heavy (non-hydrogen) atoms. The Labute approximate surface area is 299 Å². The van der Waals surface area contributed by atoms with Gasteiger partial charge in [0.05, 0.1) is 33.5 Å². The van der Waals surface area contributed by atoms with Crippen LogP contribution in [0.5, 0.6) is 23.0 Å². The molecule has 2 aliphatic rings. The highest BCUT2D eigenvalue weighted by molar-refractivity contribution is 5.87. The first-order valence-corrected chi connectivity index (χ1v) is 16.3. The van der Waals surface area contributed by atoms with E-state index in [2.05, 4.69) is 0 Å². The van der Waals surface area contributed by atoms with Crippen LogP contribution in [0.3, 0.4) is 0 Å². The van der Waals surface area contributed by atoms with Gasteiger partial charge in [0, 0.05) is 19.9 Å². The van der Waals surface area contributed by atoms with Gasteiger partial charge in [0.15, 0.2) is 53.9 Å². The second-order valence-corrected chi connectivity index (χ2v) is 12.0. The SMILES string of the molecule is COc1ccc(CCO[C@@H]2O[C@H](CO)[C@@H](OC(=O)/C=C/c3ccc(O)c(OC)c3)[C@@H](O[C@@H]3O[C@@H](C)[C@H](O)[C@@H](OC(C)=O)[C@H]3OC(C)=O)[C@H]2O)cc1O. The summed E-state index contributed by atoms with van der Waals surface area (Å²) in [6.45, 7) is 2.80. The van der Waals surface area contributed by atoms with Crippen molar-refractivity contribution in [3.05, 3.63) is 53.6 Å². The number of carbonyl (C=O) groups is 3. The number of rotatable bonds is 14. The summed E-state index contributed by atoms with van der Waals surface area (Å²) < 4.78 is 50.1. The molecule has 5 N–H and O–H groups in total. The van der Waals surface area contributed by atoms with Gasteiger partial charge in [-0.2, -0.15) is 0 Å². The van der Waals surface area contributed by atoms with Crippen molar-refractivity contribution in [2.24, 2.45) is 0 Å². The number of ether oxygens (including phenoxy) is 9. The molecule has 0 amide bonds. The van der Waals surface area contributed by atoms with Crippen LogP contribution in [0.4, 0.5) is 0 Å². The molecule has 2 aliphatic heterocycles. The molecule has 0 spiro atoms. The van der Waals surface area contributed by atoms with Gasteiger partial charge < -0.3 is 68.2 Å². The number of hydrogen-bond donors (Lipinski definition) is 5. The topological polar surface area (TPSA) is 235 Å². The number of methoxy groups -OCH3 is 2. The summed E-state index contributed by atoms with van der Waals surface area (Å²) in [5.41, 5.74) is 1.12. The lowest BCUT2D eigenvalue weighted by atomic mass is 9.96. The third-order valence-corrected chi connectivity index (χ3v) is 8.23. The summed E-state index contributed by atoms with van der Waals surface area (Å²) in [4.78, 5) is 37.2. The van der Waals surface area contributed by atoms with Gasteiger partial charge in [0.25, 0.3) is 0 Å². The van der Waals surface area contributed by atoms with Crippen molar-refractivity contribution in [3.8, 4) is 23.0 Å². The first-order chi connectivity index (χ1) is 24.8. The van der Waals surface area contributed by atoms with Gasteiger partial charge >= 0.3 is 17.9 Å². The summed E-state index contributed by atoms with van der Waals surface area (Å²) in [6, 6.07) is 9.09. The molecule has 0 bridgehead atoms. The Morgan fingerprint density at radius 1 is 0.788 bits per heavy atom. The standard InChI is InChI=1S/C35H44O17/c1-17-28(42)31(48-18(2)37)33(49-19(3)38)35(47-17)52-32-29(43)34(46-13-12-21-7-10-24(44-4)23(40)14-21)50-26(16-36)30(32)51-27(41)11-8-20-6-9-22(39)25(15-20)45-5/h6-11,14-15,17,26,28-36,39-40,42-43H,12-13,16H2,1-5H3/b11-8+/t17-,26+,28-,29+,30+,31+,32-,33+,34+,35-/m0/s1. The van der Waals surface area contributed by atoms with Gasteiger partial charge in [-0.15, -0.1) is 0 Å². The lowest BCUT2D eigenvalue weighted by Crippen LogP contribution is -2.65. The highest BCUT2D eigenvalue weighted by Crippen LogP contribution is 2.34. The highest BCUT2D eigenvalue weighted by Gasteiger charge is 2.54. The van der Waals surface area contributed by atoms with Gasteiger partial charge in [-0.05, 0) is 54.8 Å². The molecule has 286 valence electrons. The number of aliphatic hydroxyl groups excluding tert-OH is 3. The Bertz CT molecular complexity index is 1560. The summed E-state index contributed by atoms with van der Waals surface area (Å²) in [6.07, 6.45) is -12.2. The van der Waals surface area contributed by atoms with E-state index in [1.807, 2.05) is 0 Å². The molecule has 2 aromatic rings. The fourth-order valence-electron chi connectivity index (χ4n) is 5.69. The molecule has 17 heteroatoms. The number of aromatic hydroxyl groups is 2. The maximum atomic E-state index is 13.2. The third-order valence-electron chi connectivity index (χ3n) is 8.23. The van der Waals surface area contributed by atoms with E-state index in [0.717, 1.165) is 19.9 Å². The second kappa shape index (κ2) is 18.3. The average Bonchev–Trinajstić information content (AvgIpc) is 3.10. The van der Waals surface area contributed by atoms with E-state index in [4.69, 9.17) is 42.6 Å². The Hall–Kier alpha value is -4.49. The number of aliphatic hydroxyl groups is 3. The number of esters is 3. The van der Waals surface area contributed by atoms with E-state index in [1.54, 1.807) is 12.1 Å². The lowest BCUT2D eigenvalue weighted by molar-refractivity contribution is -0.358. The smallest absolute Gasteiger partial charge is 0.331 e. The van der Waals surface area contributed by atoms with Gasteiger partial charge in [0.2, 0.25) is 0 Å². The molecule has 0 radical (unpaired) electrons. The third kappa shape index (κ3) is 10.1. The van der Waals surface area contributed by atoms with Crippen LogP contribution in [-0.4, -0.2) is 132 Å². The first kappa shape index (κ1) is 40.3. The summed E-state index contributed by atoms with van der Waals surface area (Å²) >= 11 is 0. The maximum absolute atomic E-state index is 13.2. The molecule has 0 saturated carbocycles. The van der Waals surface area contributed by atoms with Crippen LogP contribution in [-0.2, 0) is 54.0 Å². The summed E-state index contributed by atoms with van der Waals surface area (Å²) in [5, 5.41) is 52.8. The highest BCUT2D eigenvalue weighted by atomic mass is 16.8. The Morgan fingerprint density at radius 3 is 2.12 bits per heavy atom. The van der Waals surface area contributed by atoms with Gasteiger partial charge in [-0.25, -0.2) is 4.79 Å². The van der Waals surface area contributed by atoms with Crippen molar-refractivity contribution >= 4 is 24.0 Å². The van der Waals surface area contributed by atoms with Gasteiger partial charge in [-0.3, -0.25) is 9.59 Å². The first-order valence-electron chi connectivity index (χ1n) is 16.3. The molecule has 2 saturated heterocycles. The number of phenolic OH excluding ortho intramolecular Hbond substituents is 2. The molecule has 0 aromatic heterocycles. The fraction of sp³-hybridized carbons (Fsp3) is 0.514. The zero-order chi connectivity index (χ0) is 38.1. The fourth-order valence-corrected chi connectivity index (χ4v) is 5.69. The normalized spacial score (nSPS) is 28.9. The van der Waals surface area contributed by atoms with Crippen LogP contribution in [0, 0.1) is 0 Å². The van der Waals surface area contributed by atoms with Crippen molar-refractivity contribution in [1.82, 2.24) is 0 Å². The van der Waals surface area contributed by atoms with E-state index in [-0.39, 0.29) is 36.0 Å². The van der Waals surface area contributed by atoms with Crippen LogP contribution < -0.4 is 9.47 Å². The molecule has 17 nitrogen and oxygen atoms in total. The molecule has 2 aromatic carbocycles. The Balaban J connectivity index is 1.62. The molecule has 0 unspecified atom stereocenters. The van der Waals surface area contributed by atoms with Crippen LogP contribution >= 0.6 is 0 Å². The number of phenols is 2. The van der Waals surface area contributed by atoms with Gasteiger partial charge in [-0.1, -0.05) is 12.1 Å². The van der Waals surface area contributed by atoms with Crippen LogP contribution in [0.2, 0.25) is 0 Å². The Kier molecular flexibility index (Phi) is 14.2. The minimum Gasteiger partial charge on any atom is -0.504 e. The molecule has 4 rings (SSSR count). The van der Waals surface area contributed by atoms with E-state index in [0.29, 0.717) is 11.1 Å². The zero-order valence-corrected chi connectivity index (χ0v) is 29.1. The molecule has 2 fully saturated rings. The van der Waals surface area contributed by atoms with Crippen LogP contribution in [0.1, 0.15) is 31.9 Å². The monoisotopic (exact) mass is 736 g/mol. The quantitative estimate of drug-likeness (QED) is 0.102. The predicted octanol–water partition coefficient (Wildman–Crippen LogP) is 0.732. The minimum atomic E-state index is -1.74. The van der Waals surface area contributed by atoms with Crippen molar-refractivity contribution in [2.75, 3.05) is 27.4 Å². The number of carbonyl (C=O) groups excluding carboxylic acids is 3. The second-order valence-electron chi connectivity index (χ2n) is 12.0. The average molecular weight is 737 g/mol. The minimum absolute atomic E-state index is 0.0601. The van der Waals surface area contributed by atoms with Crippen molar-refractivity contribution in [2.45, 2.75) is 88.6 Å².